The molecule has 1 aliphatic rings. The summed E-state index contributed by atoms with van der Waals surface area (Å²) in [6.45, 7) is 7.66. The molecule has 0 amide bonds. The van der Waals surface area contributed by atoms with Crippen molar-refractivity contribution in [1.29, 1.82) is 0 Å². The number of allylic oxidation sites excluding steroid dienone is 2. The van der Waals surface area contributed by atoms with Gasteiger partial charge in [0.2, 0.25) is 5.43 Å². The van der Waals surface area contributed by atoms with Crippen molar-refractivity contribution in [2.75, 3.05) is 7.11 Å². The molecule has 3 aromatic rings. The lowest BCUT2D eigenvalue weighted by atomic mass is 9.96. The van der Waals surface area contributed by atoms with Crippen LogP contribution in [0.1, 0.15) is 38.8 Å². The van der Waals surface area contributed by atoms with Gasteiger partial charge in [-0.1, -0.05) is 11.6 Å². The molecule has 1 aromatic heterocycles. The van der Waals surface area contributed by atoms with Crippen LogP contribution >= 0.6 is 0 Å². The molecule has 0 atom stereocenters. The molecule has 0 fully saturated rings. The van der Waals surface area contributed by atoms with Gasteiger partial charge in [-0.25, -0.2) is 0 Å². The molecule has 4 rings (SSSR count). The summed E-state index contributed by atoms with van der Waals surface area (Å²) in [5.41, 5.74) is 1.60. The summed E-state index contributed by atoms with van der Waals surface area (Å²) < 4.78 is 17.4. The van der Waals surface area contributed by atoms with Crippen molar-refractivity contribution < 1.29 is 24.1 Å². The molecule has 6 heteroatoms. The van der Waals surface area contributed by atoms with Gasteiger partial charge in [0.1, 0.15) is 39.7 Å². The Labute approximate surface area is 186 Å². The summed E-state index contributed by atoms with van der Waals surface area (Å²) in [6.07, 6.45) is 5.89. The van der Waals surface area contributed by atoms with Gasteiger partial charge in [-0.15, -0.1) is 0 Å². The Morgan fingerprint density at radius 1 is 1.16 bits per heavy atom. The number of methoxy groups -OCH3 is 1. The average molecular weight is 434 g/mol. The largest absolute Gasteiger partial charge is 0.507 e. The van der Waals surface area contributed by atoms with Gasteiger partial charge in [0, 0.05) is 17.7 Å². The number of hydrogen-bond acceptors (Lipinski definition) is 6. The van der Waals surface area contributed by atoms with Gasteiger partial charge >= 0.3 is 0 Å². The van der Waals surface area contributed by atoms with E-state index in [2.05, 4.69) is 0 Å². The van der Waals surface area contributed by atoms with Crippen LogP contribution in [0, 0.1) is 0 Å². The summed E-state index contributed by atoms with van der Waals surface area (Å²) >= 11 is 0. The van der Waals surface area contributed by atoms with Crippen LogP contribution < -0.4 is 14.9 Å². The standard InChI is InChI=1S/C26H26O6/c1-14(2)6-8-18-23(29)22-20(28)13-21-17(10-11-26(3,4)32-21)25(22)31-24(18)16-9-7-15(30-5)12-19(16)27/h6-7,9-13,27-28H,8H2,1-5H3. The van der Waals surface area contributed by atoms with Crippen molar-refractivity contribution in [1.82, 2.24) is 0 Å². The van der Waals surface area contributed by atoms with Crippen molar-refractivity contribution >= 4 is 17.0 Å². The van der Waals surface area contributed by atoms with Crippen molar-refractivity contribution in [2.24, 2.45) is 0 Å². The van der Waals surface area contributed by atoms with Crippen LogP contribution in [0.25, 0.3) is 28.4 Å². The number of phenols is 2. The smallest absolute Gasteiger partial charge is 0.200 e. The van der Waals surface area contributed by atoms with E-state index in [4.69, 9.17) is 13.9 Å². The number of fused-ring (bicyclic) bond motifs is 3. The Balaban J connectivity index is 2.08. The van der Waals surface area contributed by atoms with E-state index < -0.39 is 5.60 Å². The van der Waals surface area contributed by atoms with Gasteiger partial charge in [0.15, 0.2) is 5.58 Å². The maximum absolute atomic E-state index is 13.6. The first-order chi connectivity index (χ1) is 15.1. The van der Waals surface area contributed by atoms with E-state index in [1.807, 2.05) is 45.9 Å². The molecule has 32 heavy (non-hydrogen) atoms. The van der Waals surface area contributed by atoms with E-state index >= 15 is 0 Å². The van der Waals surface area contributed by atoms with Crippen molar-refractivity contribution in [3.8, 4) is 34.3 Å². The normalized spacial score (nSPS) is 14.0. The van der Waals surface area contributed by atoms with E-state index in [9.17, 15) is 15.0 Å². The molecule has 0 unspecified atom stereocenters. The van der Waals surface area contributed by atoms with Gasteiger partial charge in [0.25, 0.3) is 0 Å². The first-order valence-corrected chi connectivity index (χ1v) is 10.4. The molecule has 0 aliphatic carbocycles. The molecular weight excluding hydrogens is 408 g/mol. The summed E-state index contributed by atoms with van der Waals surface area (Å²) in [4.78, 5) is 13.6. The van der Waals surface area contributed by atoms with Crippen LogP contribution in [0.5, 0.6) is 23.0 Å². The lowest BCUT2D eigenvalue weighted by Crippen LogP contribution is -2.27. The number of aromatic hydroxyl groups is 2. The topological polar surface area (TPSA) is 89.1 Å². The fourth-order valence-corrected chi connectivity index (χ4v) is 3.76. The van der Waals surface area contributed by atoms with Crippen LogP contribution in [0.4, 0.5) is 0 Å². The second-order valence-corrected chi connectivity index (χ2v) is 8.66. The molecule has 2 heterocycles. The molecule has 0 saturated heterocycles. The molecule has 2 aromatic carbocycles. The molecule has 0 bridgehead atoms. The molecule has 1 aliphatic heterocycles. The SMILES string of the molecule is COc1ccc(-c2oc3c4c(cc(O)c3c(=O)c2CC=C(C)C)OC(C)(C)C=C4)c(O)c1. The fraction of sp³-hybridized carbons (Fsp3) is 0.269. The maximum atomic E-state index is 13.6. The number of ether oxygens (including phenoxy) is 2. The highest BCUT2D eigenvalue weighted by Crippen LogP contribution is 2.42. The minimum absolute atomic E-state index is 0.0766. The van der Waals surface area contributed by atoms with Crippen LogP contribution in [0.2, 0.25) is 0 Å². The van der Waals surface area contributed by atoms with Crippen LogP contribution in [0.15, 0.2) is 51.2 Å². The second kappa shape index (κ2) is 7.79. The number of benzene rings is 2. The zero-order chi connectivity index (χ0) is 23.2. The van der Waals surface area contributed by atoms with Gasteiger partial charge in [-0.3, -0.25) is 4.79 Å². The number of hydrogen-bond donors (Lipinski definition) is 2. The number of phenolic OH excluding ortho intramolecular Hbond substituents is 2. The van der Waals surface area contributed by atoms with Gasteiger partial charge in [-0.2, -0.15) is 0 Å². The maximum Gasteiger partial charge on any atom is 0.200 e. The van der Waals surface area contributed by atoms with Crippen LogP contribution in [-0.4, -0.2) is 22.9 Å². The van der Waals surface area contributed by atoms with Gasteiger partial charge < -0.3 is 24.1 Å². The second-order valence-electron chi connectivity index (χ2n) is 8.66. The minimum atomic E-state index is -0.562. The van der Waals surface area contributed by atoms with Crippen LogP contribution in [0.3, 0.4) is 0 Å². The quantitative estimate of drug-likeness (QED) is 0.522. The Kier molecular flexibility index (Phi) is 5.25. The Hall–Kier alpha value is -3.67. The van der Waals surface area contributed by atoms with Crippen molar-refractivity contribution in [3.63, 3.8) is 0 Å². The lowest BCUT2D eigenvalue weighted by Gasteiger charge is -2.28. The highest BCUT2D eigenvalue weighted by Gasteiger charge is 2.28. The molecule has 0 saturated carbocycles. The third-order valence-electron chi connectivity index (χ3n) is 5.43. The summed E-state index contributed by atoms with van der Waals surface area (Å²) in [6, 6.07) is 6.26. The Morgan fingerprint density at radius 2 is 1.91 bits per heavy atom. The van der Waals surface area contributed by atoms with E-state index in [-0.39, 0.29) is 40.1 Å². The molecule has 2 N–H and O–H groups in total. The fourth-order valence-electron chi connectivity index (χ4n) is 3.76. The molecule has 0 radical (unpaired) electrons. The molecular formula is C26H26O6. The summed E-state index contributed by atoms with van der Waals surface area (Å²) in [5.74, 6) is 0.863. The Morgan fingerprint density at radius 3 is 2.56 bits per heavy atom. The number of rotatable bonds is 4. The highest BCUT2D eigenvalue weighted by molar-refractivity contribution is 5.95. The van der Waals surface area contributed by atoms with E-state index in [1.165, 1.54) is 19.2 Å². The molecule has 166 valence electrons. The van der Waals surface area contributed by atoms with Gasteiger partial charge in [0.05, 0.1) is 18.2 Å². The first-order valence-electron chi connectivity index (χ1n) is 10.4. The minimum Gasteiger partial charge on any atom is -0.507 e. The van der Waals surface area contributed by atoms with E-state index in [1.54, 1.807) is 12.1 Å². The van der Waals surface area contributed by atoms with Crippen LogP contribution in [-0.2, 0) is 6.42 Å². The van der Waals surface area contributed by atoms with Gasteiger partial charge in [-0.05, 0) is 58.4 Å². The first kappa shape index (κ1) is 21.6. The summed E-state index contributed by atoms with van der Waals surface area (Å²) in [5, 5.41) is 21.5. The van der Waals surface area contributed by atoms with E-state index in [0.717, 1.165) is 5.57 Å². The predicted octanol–water partition coefficient (Wildman–Crippen LogP) is 5.57. The average Bonchev–Trinajstić information content (AvgIpc) is 2.71. The third kappa shape index (κ3) is 3.73. The monoisotopic (exact) mass is 434 g/mol. The zero-order valence-electron chi connectivity index (χ0n) is 18.8. The van der Waals surface area contributed by atoms with E-state index in [0.29, 0.717) is 28.2 Å². The summed E-state index contributed by atoms with van der Waals surface area (Å²) in [7, 11) is 1.51. The zero-order valence-corrected chi connectivity index (χ0v) is 18.8. The van der Waals surface area contributed by atoms with Crippen molar-refractivity contribution in [2.45, 2.75) is 39.7 Å². The lowest BCUT2D eigenvalue weighted by molar-refractivity contribution is 0.158. The Bertz CT molecular complexity index is 1340. The third-order valence-corrected chi connectivity index (χ3v) is 5.43. The highest BCUT2D eigenvalue weighted by atomic mass is 16.5. The molecule has 0 spiro atoms. The molecule has 6 nitrogen and oxygen atoms in total. The van der Waals surface area contributed by atoms with Crippen molar-refractivity contribution in [3.05, 3.63) is 63.3 Å². The predicted molar refractivity (Wildman–Crippen MR) is 125 cm³/mol.